The van der Waals surface area contributed by atoms with E-state index < -0.39 is 0 Å². The van der Waals surface area contributed by atoms with Gasteiger partial charge in [0.1, 0.15) is 17.1 Å². The normalized spacial score (nSPS) is 25.9. The molecule has 1 aromatic rings. The molecule has 0 radical (unpaired) electrons. The molecule has 1 aliphatic heterocycles. The van der Waals surface area contributed by atoms with Crippen molar-refractivity contribution in [3.05, 3.63) is 35.4 Å². The standard InChI is InChI=1S/C20H28O2/c1-6-7-14-11-17(21-5)19-15-10-13(2)8-9-16(15)20(3,4)22-18(19)12-14/h11-12,15-16H,2,6-10H2,1,3-5H3/t15-,16-/m1/s1. The summed E-state index contributed by atoms with van der Waals surface area (Å²) in [5.74, 6) is 3.05. The van der Waals surface area contributed by atoms with Crippen molar-refractivity contribution < 1.29 is 9.47 Å². The van der Waals surface area contributed by atoms with Crippen molar-refractivity contribution in [1.82, 2.24) is 0 Å². The molecule has 1 fully saturated rings. The molecular weight excluding hydrogens is 272 g/mol. The van der Waals surface area contributed by atoms with Gasteiger partial charge in [0.25, 0.3) is 0 Å². The Labute approximate surface area is 134 Å². The fourth-order valence-corrected chi connectivity index (χ4v) is 4.32. The lowest BCUT2D eigenvalue weighted by atomic mass is 9.65. The first kappa shape index (κ1) is 15.5. The molecule has 0 N–H and O–H groups in total. The summed E-state index contributed by atoms with van der Waals surface area (Å²) in [5, 5.41) is 0. The maximum atomic E-state index is 6.44. The Bertz CT molecular complexity index is 586. The fraction of sp³-hybridized carbons (Fsp3) is 0.600. The van der Waals surface area contributed by atoms with E-state index in [-0.39, 0.29) is 5.60 Å². The molecule has 0 spiro atoms. The second-order valence-corrected chi connectivity index (χ2v) is 7.37. The Morgan fingerprint density at radius 2 is 2.14 bits per heavy atom. The van der Waals surface area contributed by atoms with Gasteiger partial charge < -0.3 is 9.47 Å². The van der Waals surface area contributed by atoms with Gasteiger partial charge in [-0.25, -0.2) is 0 Å². The minimum Gasteiger partial charge on any atom is -0.496 e. The highest BCUT2D eigenvalue weighted by Crippen LogP contribution is 2.55. The van der Waals surface area contributed by atoms with Gasteiger partial charge in [-0.05, 0) is 57.2 Å². The summed E-state index contributed by atoms with van der Waals surface area (Å²) in [6.07, 6.45) is 5.55. The van der Waals surface area contributed by atoms with Crippen molar-refractivity contribution >= 4 is 0 Å². The van der Waals surface area contributed by atoms with Gasteiger partial charge in [-0.15, -0.1) is 0 Å². The lowest BCUT2D eigenvalue weighted by Gasteiger charge is -2.48. The van der Waals surface area contributed by atoms with Crippen LogP contribution in [0.25, 0.3) is 0 Å². The number of benzene rings is 1. The van der Waals surface area contributed by atoms with Crippen LogP contribution in [-0.2, 0) is 6.42 Å². The maximum absolute atomic E-state index is 6.44. The van der Waals surface area contributed by atoms with Crippen LogP contribution in [0.1, 0.15) is 63.5 Å². The third kappa shape index (κ3) is 2.53. The Hall–Kier alpha value is -1.44. The molecule has 2 aliphatic rings. The van der Waals surface area contributed by atoms with Crippen molar-refractivity contribution in [2.24, 2.45) is 5.92 Å². The van der Waals surface area contributed by atoms with E-state index >= 15 is 0 Å². The number of methoxy groups -OCH3 is 1. The number of allylic oxidation sites excluding steroid dienone is 1. The van der Waals surface area contributed by atoms with Crippen LogP contribution < -0.4 is 9.47 Å². The summed E-state index contributed by atoms with van der Waals surface area (Å²) in [5.41, 5.74) is 3.83. The smallest absolute Gasteiger partial charge is 0.127 e. The molecule has 0 saturated heterocycles. The van der Waals surface area contributed by atoms with Gasteiger partial charge in [-0.3, -0.25) is 0 Å². The third-order valence-electron chi connectivity index (χ3n) is 5.36. The predicted molar refractivity (Wildman–Crippen MR) is 90.9 cm³/mol. The molecular formula is C20H28O2. The van der Waals surface area contributed by atoms with Crippen LogP contribution in [0.2, 0.25) is 0 Å². The zero-order valence-electron chi connectivity index (χ0n) is 14.4. The molecule has 120 valence electrons. The van der Waals surface area contributed by atoms with Crippen molar-refractivity contribution in [2.75, 3.05) is 7.11 Å². The topological polar surface area (TPSA) is 18.5 Å². The third-order valence-corrected chi connectivity index (χ3v) is 5.36. The van der Waals surface area contributed by atoms with E-state index in [1.807, 2.05) is 0 Å². The van der Waals surface area contributed by atoms with Crippen LogP contribution in [-0.4, -0.2) is 12.7 Å². The minimum absolute atomic E-state index is 0.117. The predicted octanol–water partition coefficient (Wildman–Crippen LogP) is 5.26. The number of hydrogen-bond donors (Lipinski definition) is 0. The molecule has 0 bridgehead atoms. The number of aryl methyl sites for hydroxylation is 1. The first-order chi connectivity index (χ1) is 10.5. The molecule has 0 aromatic heterocycles. The van der Waals surface area contributed by atoms with E-state index in [1.54, 1.807) is 7.11 Å². The lowest BCUT2D eigenvalue weighted by molar-refractivity contribution is -0.000882. The average Bonchev–Trinajstić information content (AvgIpc) is 2.45. The quantitative estimate of drug-likeness (QED) is 0.709. The number of fused-ring (bicyclic) bond motifs is 3. The molecule has 3 rings (SSSR count). The van der Waals surface area contributed by atoms with Crippen molar-refractivity contribution in [2.45, 2.75) is 64.4 Å². The van der Waals surface area contributed by atoms with Gasteiger partial charge in [-0.2, -0.15) is 0 Å². The summed E-state index contributed by atoms with van der Waals surface area (Å²) in [6.45, 7) is 10.9. The largest absolute Gasteiger partial charge is 0.496 e. The number of rotatable bonds is 3. The van der Waals surface area contributed by atoms with Crippen LogP contribution in [0.3, 0.4) is 0 Å². The molecule has 2 heteroatoms. The van der Waals surface area contributed by atoms with Crippen LogP contribution >= 0.6 is 0 Å². The zero-order chi connectivity index (χ0) is 15.9. The Morgan fingerprint density at radius 1 is 1.36 bits per heavy atom. The molecule has 2 atom stereocenters. The highest BCUT2D eigenvalue weighted by Gasteiger charge is 2.46. The lowest BCUT2D eigenvalue weighted by Crippen LogP contribution is -2.46. The molecule has 1 aromatic carbocycles. The molecule has 0 unspecified atom stereocenters. The van der Waals surface area contributed by atoms with E-state index in [0.717, 1.165) is 43.6 Å². The second kappa shape index (κ2) is 5.64. The molecule has 1 heterocycles. The van der Waals surface area contributed by atoms with Crippen molar-refractivity contribution in [1.29, 1.82) is 0 Å². The van der Waals surface area contributed by atoms with Gasteiger partial charge in [0.05, 0.1) is 7.11 Å². The van der Waals surface area contributed by atoms with E-state index in [9.17, 15) is 0 Å². The van der Waals surface area contributed by atoms with E-state index in [0.29, 0.717) is 11.8 Å². The molecule has 1 saturated carbocycles. The number of hydrogen-bond acceptors (Lipinski definition) is 2. The summed E-state index contributed by atoms with van der Waals surface area (Å²) >= 11 is 0. The molecule has 2 nitrogen and oxygen atoms in total. The van der Waals surface area contributed by atoms with Gasteiger partial charge in [0, 0.05) is 17.4 Å². The van der Waals surface area contributed by atoms with Gasteiger partial charge in [0.15, 0.2) is 0 Å². The van der Waals surface area contributed by atoms with Crippen LogP contribution in [0.4, 0.5) is 0 Å². The van der Waals surface area contributed by atoms with E-state index in [2.05, 4.69) is 39.5 Å². The summed E-state index contributed by atoms with van der Waals surface area (Å²) in [7, 11) is 1.78. The fourth-order valence-electron chi connectivity index (χ4n) is 4.32. The van der Waals surface area contributed by atoms with Gasteiger partial charge in [-0.1, -0.05) is 25.5 Å². The van der Waals surface area contributed by atoms with E-state index in [4.69, 9.17) is 9.47 Å². The SMILES string of the molecule is C=C1CC[C@@H]2[C@@H](C1)c1c(OC)cc(CCC)cc1OC2(C)C. The summed E-state index contributed by atoms with van der Waals surface area (Å²) < 4.78 is 12.2. The van der Waals surface area contributed by atoms with Gasteiger partial charge >= 0.3 is 0 Å². The monoisotopic (exact) mass is 300 g/mol. The highest BCUT2D eigenvalue weighted by molar-refractivity contribution is 5.53. The zero-order valence-corrected chi connectivity index (χ0v) is 14.4. The second-order valence-electron chi connectivity index (χ2n) is 7.37. The molecule has 1 aliphatic carbocycles. The Balaban J connectivity index is 2.12. The summed E-state index contributed by atoms with van der Waals surface area (Å²) in [4.78, 5) is 0. The molecule has 0 amide bonds. The van der Waals surface area contributed by atoms with Crippen molar-refractivity contribution in [3.63, 3.8) is 0 Å². The number of ether oxygens (including phenoxy) is 2. The van der Waals surface area contributed by atoms with Crippen molar-refractivity contribution in [3.8, 4) is 11.5 Å². The highest BCUT2D eigenvalue weighted by atomic mass is 16.5. The van der Waals surface area contributed by atoms with E-state index in [1.165, 1.54) is 16.7 Å². The van der Waals surface area contributed by atoms with Crippen LogP contribution in [0.5, 0.6) is 11.5 Å². The summed E-state index contributed by atoms with van der Waals surface area (Å²) in [6, 6.07) is 4.44. The van der Waals surface area contributed by atoms with Gasteiger partial charge in [0.2, 0.25) is 0 Å². The first-order valence-corrected chi connectivity index (χ1v) is 8.52. The Morgan fingerprint density at radius 3 is 2.82 bits per heavy atom. The minimum atomic E-state index is -0.117. The maximum Gasteiger partial charge on any atom is 0.127 e. The molecule has 22 heavy (non-hydrogen) atoms. The van der Waals surface area contributed by atoms with Crippen LogP contribution in [0, 0.1) is 5.92 Å². The van der Waals surface area contributed by atoms with Crippen LogP contribution in [0.15, 0.2) is 24.3 Å². The first-order valence-electron chi connectivity index (χ1n) is 8.52. The Kier molecular flexibility index (Phi) is 3.96. The average molecular weight is 300 g/mol.